The Labute approximate surface area is 100 Å². The smallest absolute Gasteiger partial charge is 0.345 e. The molecule has 0 spiro atoms. The molecule has 0 fully saturated rings. The van der Waals surface area contributed by atoms with Crippen LogP contribution in [0.3, 0.4) is 0 Å². The summed E-state index contributed by atoms with van der Waals surface area (Å²) < 4.78 is 9.81. The third-order valence-corrected chi connectivity index (χ3v) is 2.10. The minimum Gasteiger partial charge on any atom is -0.427 e. The van der Waals surface area contributed by atoms with Gasteiger partial charge in [0, 0.05) is 23.3 Å². The van der Waals surface area contributed by atoms with Crippen LogP contribution in [0.5, 0.6) is 5.75 Å². The van der Waals surface area contributed by atoms with Gasteiger partial charge in [-0.05, 0) is 23.7 Å². The summed E-state index contributed by atoms with van der Waals surface area (Å²) in [7, 11) is 0. The molecular weight excluding hydrogens is 238 g/mol. The lowest BCUT2D eigenvalue weighted by atomic mass is 10.2. The molecule has 0 saturated heterocycles. The minimum absolute atomic E-state index is 0.120. The number of nitrogens with zero attached hydrogens (tertiary/aromatic N) is 3. The van der Waals surface area contributed by atoms with E-state index in [1.807, 2.05) is 0 Å². The van der Waals surface area contributed by atoms with Crippen LogP contribution in [0.4, 0.5) is 5.69 Å². The lowest BCUT2D eigenvalue weighted by molar-refractivity contribution is -0.131. The van der Waals surface area contributed by atoms with Gasteiger partial charge in [0.2, 0.25) is 0 Å². The van der Waals surface area contributed by atoms with Crippen molar-refractivity contribution in [2.24, 2.45) is 5.11 Å². The number of hydrogen-bond acceptors (Lipinski definition) is 5. The number of rotatable bonds is 2. The van der Waals surface area contributed by atoms with Gasteiger partial charge in [-0.15, -0.1) is 0 Å². The normalized spacial score (nSPS) is 9.83. The number of carbonyl (C=O) groups excluding carboxylic acids is 1. The van der Waals surface area contributed by atoms with Crippen molar-refractivity contribution in [3.05, 3.63) is 45.1 Å². The predicted molar refractivity (Wildman–Crippen MR) is 62.6 cm³/mol. The summed E-state index contributed by atoms with van der Waals surface area (Å²) in [5.41, 5.74) is 7.66. The fraction of sp³-hybridized carbons (Fsp3) is 0.0909. The summed E-state index contributed by atoms with van der Waals surface area (Å²) in [6, 6.07) is 5.95. The van der Waals surface area contributed by atoms with Gasteiger partial charge in [-0.25, -0.2) is 4.79 Å². The van der Waals surface area contributed by atoms with Crippen LogP contribution < -0.4 is 10.4 Å². The Bertz CT molecular complexity index is 729. The second-order valence-corrected chi connectivity index (χ2v) is 3.40. The Morgan fingerprint density at radius 3 is 2.89 bits per heavy atom. The van der Waals surface area contributed by atoms with Gasteiger partial charge in [0.05, 0.1) is 0 Å². The molecule has 1 aromatic carbocycles. The number of fused-ring (bicyclic) bond motifs is 1. The zero-order chi connectivity index (χ0) is 13.1. The zero-order valence-corrected chi connectivity index (χ0v) is 9.28. The summed E-state index contributed by atoms with van der Waals surface area (Å²) in [5, 5.41) is 3.78. The average Bonchev–Trinajstić information content (AvgIpc) is 2.30. The molecular formula is C11H7N3O4. The maximum absolute atomic E-state index is 11.4. The van der Waals surface area contributed by atoms with Crippen LogP contribution >= 0.6 is 0 Å². The van der Waals surface area contributed by atoms with Crippen molar-refractivity contribution in [3.63, 3.8) is 0 Å². The van der Waals surface area contributed by atoms with Gasteiger partial charge in [-0.2, -0.15) is 0 Å². The first-order valence-corrected chi connectivity index (χ1v) is 4.91. The third-order valence-electron chi connectivity index (χ3n) is 2.10. The molecule has 0 aliphatic rings. The van der Waals surface area contributed by atoms with Crippen molar-refractivity contribution in [2.45, 2.75) is 6.92 Å². The van der Waals surface area contributed by atoms with E-state index in [-0.39, 0.29) is 17.0 Å². The van der Waals surface area contributed by atoms with E-state index in [4.69, 9.17) is 14.7 Å². The highest BCUT2D eigenvalue weighted by Gasteiger charge is 2.06. The number of hydrogen-bond donors (Lipinski definition) is 0. The van der Waals surface area contributed by atoms with E-state index < -0.39 is 11.6 Å². The van der Waals surface area contributed by atoms with Crippen molar-refractivity contribution in [1.29, 1.82) is 0 Å². The second kappa shape index (κ2) is 4.60. The van der Waals surface area contributed by atoms with Crippen molar-refractivity contribution >= 4 is 22.6 Å². The molecule has 0 saturated carbocycles. The molecule has 0 unspecified atom stereocenters. The SMILES string of the molecule is CC(=O)Oc1ccc2cc(N=[N+]=[N-])c(=O)oc2c1. The van der Waals surface area contributed by atoms with Crippen LogP contribution in [0.1, 0.15) is 6.92 Å². The molecule has 18 heavy (non-hydrogen) atoms. The van der Waals surface area contributed by atoms with Crippen LogP contribution in [0.25, 0.3) is 21.4 Å². The molecule has 1 heterocycles. The first-order valence-electron chi connectivity index (χ1n) is 4.91. The largest absolute Gasteiger partial charge is 0.427 e. The Morgan fingerprint density at radius 2 is 2.22 bits per heavy atom. The number of benzene rings is 1. The van der Waals surface area contributed by atoms with Gasteiger partial charge in [0.1, 0.15) is 17.0 Å². The average molecular weight is 245 g/mol. The van der Waals surface area contributed by atoms with Crippen LogP contribution in [0.2, 0.25) is 0 Å². The van der Waals surface area contributed by atoms with Crippen molar-refractivity contribution in [2.75, 3.05) is 0 Å². The molecule has 0 aliphatic heterocycles. The molecule has 90 valence electrons. The quantitative estimate of drug-likeness (QED) is 0.202. The van der Waals surface area contributed by atoms with Crippen LogP contribution in [-0.2, 0) is 4.79 Å². The molecule has 7 nitrogen and oxygen atoms in total. The monoisotopic (exact) mass is 245 g/mol. The standard InChI is InChI=1S/C11H7N3O4/c1-6(15)17-8-3-2-7-4-9(13-14-12)11(16)18-10(7)5-8/h2-5H,1H3. The summed E-state index contributed by atoms with van der Waals surface area (Å²) in [4.78, 5) is 24.7. The van der Waals surface area contributed by atoms with E-state index in [1.54, 1.807) is 12.1 Å². The first kappa shape index (κ1) is 11.7. The van der Waals surface area contributed by atoms with Gasteiger partial charge in [-0.1, -0.05) is 5.11 Å². The van der Waals surface area contributed by atoms with Crippen molar-refractivity contribution < 1.29 is 13.9 Å². The zero-order valence-electron chi connectivity index (χ0n) is 9.28. The van der Waals surface area contributed by atoms with Crippen molar-refractivity contribution in [3.8, 4) is 5.75 Å². The third kappa shape index (κ3) is 2.31. The molecule has 7 heteroatoms. The van der Waals surface area contributed by atoms with Gasteiger partial charge in [0.25, 0.3) is 0 Å². The van der Waals surface area contributed by atoms with Crippen LogP contribution in [0.15, 0.2) is 38.6 Å². The fourth-order valence-corrected chi connectivity index (χ4v) is 1.43. The molecule has 0 amide bonds. The lowest BCUT2D eigenvalue weighted by Crippen LogP contribution is -2.02. The maximum Gasteiger partial charge on any atom is 0.345 e. The van der Waals surface area contributed by atoms with E-state index in [1.165, 1.54) is 19.1 Å². The number of ether oxygens (including phenoxy) is 1. The molecule has 0 radical (unpaired) electrons. The highest BCUT2D eigenvalue weighted by Crippen LogP contribution is 2.22. The fourth-order valence-electron chi connectivity index (χ4n) is 1.43. The minimum atomic E-state index is -0.750. The van der Waals surface area contributed by atoms with E-state index in [2.05, 4.69) is 10.0 Å². The van der Waals surface area contributed by atoms with E-state index in [0.717, 1.165) is 0 Å². The Morgan fingerprint density at radius 1 is 1.44 bits per heavy atom. The molecule has 0 atom stereocenters. The van der Waals surface area contributed by atoms with Crippen molar-refractivity contribution in [1.82, 2.24) is 0 Å². The summed E-state index contributed by atoms with van der Waals surface area (Å²) in [6.07, 6.45) is 0. The van der Waals surface area contributed by atoms with Gasteiger partial charge in [-0.3, -0.25) is 4.79 Å². The Hall–Kier alpha value is -2.79. The Balaban J connectivity index is 2.58. The maximum atomic E-state index is 11.4. The van der Waals surface area contributed by atoms with Crippen LogP contribution in [0, 0.1) is 0 Å². The second-order valence-electron chi connectivity index (χ2n) is 3.40. The molecule has 0 aliphatic carbocycles. The van der Waals surface area contributed by atoms with Crippen LogP contribution in [-0.4, -0.2) is 5.97 Å². The van der Waals surface area contributed by atoms with E-state index in [9.17, 15) is 9.59 Å². The summed E-state index contributed by atoms with van der Waals surface area (Å²) in [5.74, 6) is -0.197. The topological polar surface area (TPSA) is 105 Å². The highest BCUT2D eigenvalue weighted by atomic mass is 16.5. The summed E-state index contributed by atoms with van der Waals surface area (Å²) in [6.45, 7) is 1.27. The van der Waals surface area contributed by atoms with Gasteiger partial charge in [0.15, 0.2) is 0 Å². The number of esters is 1. The molecule has 1 aromatic heterocycles. The van der Waals surface area contributed by atoms with E-state index >= 15 is 0 Å². The van der Waals surface area contributed by atoms with E-state index in [0.29, 0.717) is 5.39 Å². The number of carbonyl (C=O) groups is 1. The number of azide groups is 1. The molecule has 0 bridgehead atoms. The molecule has 2 aromatic rings. The lowest BCUT2D eigenvalue weighted by Gasteiger charge is -2.02. The molecule has 2 rings (SSSR count). The van der Waals surface area contributed by atoms with Gasteiger partial charge >= 0.3 is 11.6 Å². The predicted octanol–water partition coefficient (Wildman–Crippen LogP) is 2.66. The molecule has 0 N–H and O–H groups in total. The highest BCUT2D eigenvalue weighted by molar-refractivity contribution is 5.81. The first-order chi connectivity index (χ1) is 8.60. The summed E-state index contributed by atoms with van der Waals surface area (Å²) >= 11 is 0. The van der Waals surface area contributed by atoms with Gasteiger partial charge < -0.3 is 9.15 Å². The Kier molecular flexibility index (Phi) is 2.99.